The number of unbranched alkanes of at least 4 members (excludes halogenated alkanes) is 3. The predicted octanol–water partition coefficient (Wildman–Crippen LogP) is 7.06. The summed E-state index contributed by atoms with van der Waals surface area (Å²) in [6.07, 6.45) is 6.90. The first kappa shape index (κ1) is 52.3. The average Bonchev–Trinajstić information content (AvgIpc) is 3.73. The number of hydrazine groups is 1. The monoisotopic (exact) mass is 890 g/mol. The van der Waals surface area contributed by atoms with E-state index in [1.54, 1.807) is 25.3 Å². The van der Waals surface area contributed by atoms with Crippen LogP contribution in [0.2, 0.25) is 0 Å². The van der Waals surface area contributed by atoms with Gasteiger partial charge in [-0.05, 0) is 89.5 Å². The van der Waals surface area contributed by atoms with Crippen LogP contribution in [0.5, 0.6) is 0 Å². The van der Waals surface area contributed by atoms with Crippen molar-refractivity contribution in [2.45, 2.75) is 156 Å². The molecule has 0 aliphatic carbocycles. The second-order valence-corrected chi connectivity index (χ2v) is 18.7. The van der Waals surface area contributed by atoms with Gasteiger partial charge in [-0.3, -0.25) is 19.2 Å². The van der Waals surface area contributed by atoms with Gasteiger partial charge < -0.3 is 31.1 Å². The summed E-state index contributed by atoms with van der Waals surface area (Å²) in [4.78, 5) is 76.0. The van der Waals surface area contributed by atoms with E-state index in [4.69, 9.17) is 15.5 Å². The van der Waals surface area contributed by atoms with Gasteiger partial charge in [0.1, 0.15) is 27.5 Å². The minimum Gasteiger partial charge on any atom is -0.481 e. The first-order valence-electron chi connectivity index (χ1n) is 22.5. The summed E-state index contributed by atoms with van der Waals surface area (Å²) in [6.45, 7) is 16.7. The Morgan fingerprint density at radius 1 is 1.13 bits per heavy atom. The number of carboxylic acid groups (broad SMARTS) is 1. The van der Waals surface area contributed by atoms with Crippen molar-refractivity contribution in [3.63, 3.8) is 0 Å². The van der Waals surface area contributed by atoms with Gasteiger partial charge in [0.05, 0.1) is 22.6 Å². The van der Waals surface area contributed by atoms with Crippen molar-refractivity contribution in [1.29, 1.82) is 0 Å². The summed E-state index contributed by atoms with van der Waals surface area (Å²) in [7, 11) is 1.95. The first-order valence-corrected chi connectivity index (χ1v) is 23.4. The lowest BCUT2D eigenvalue weighted by atomic mass is 9.84. The number of thiazole rings is 1. The standard InChI is InChI=1S/C45H73FN8O7S/c1-10-13-14-16-22-53(43(57)40(30(6)11-2)51-54(60)39-18-15-17-21-52(39)9)36(29(4)5)25-37(61-12-3)42-50-35(28-62-42)41(56)48-32(26-45(7,8)44(58)59)23-31-19-20-34(33(46)24-31)49-38(55)27-47/h19-20,24,28-30,32,36-37,39-40H,10-18,21-23,25-27,47H2,1-9H3,(H3-,48,49,51,55,56,58,59,60)/p+1/t30-,32-,36+,37+,39-,40-/m0/s1. The van der Waals surface area contributed by atoms with E-state index in [9.17, 15) is 33.6 Å². The number of benzene rings is 1. The van der Waals surface area contributed by atoms with Crippen LogP contribution in [0, 0.1) is 28.0 Å². The van der Waals surface area contributed by atoms with Crippen LogP contribution in [-0.2, 0) is 25.5 Å². The van der Waals surface area contributed by atoms with Gasteiger partial charge >= 0.3 is 5.97 Å². The molecule has 3 amide bonds. The molecule has 1 aromatic heterocycles. The molecule has 17 heteroatoms. The first-order chi connectivity index (χ1) is 29.4. The number of hydrogen-bond donors (Lipinski definition) is 5. The van der Waals surface area contributed by atoms with Gasteiger partial charge in [0.25, 0.3) is 18.0 Å². The van der Waals surface area contributed by atoms with Gasteiger partial charge in [-0.1, -0.05) is 66.4 Å². The molecule has 6 N–H and O–H groups in total. The number of nitroso groups, excluding NO2 is 1. The molecule has 3 rings (SSSR count). The van der Waals surface area contributed by atoms with E-state index < -0.39 is 47.2 Å². The molecule has 1 fully saturated rings. The molecular formula is C45H74FN8O7S+. The minimum atomic E-state index is -1.23. The van der Waals surface area contributed by atoms with Gasteiger partial charge in [-0.2, -0.15) is 0 Å². The Morgan fingerprint density at radius 2 is 1.85 bits per heavy atom. The molecule has 2 aromatic rings. The van der Waals surface area contributed by atoms with Crippen molar-refractivity contribution in [3.8, 4) is 0 Å². The lowest BCUT2D eigenvalue weighted by Crippen LogP contribution is -2.59. The van der Waals surface area contributed by atoms with Gasteiger partial charge in [-0.15, -0.1) is 16.8 Å². The summed E-state index contributed by atoms with van der Waals surface area (Å²) in [5.41, 5.74) is 7.81. The van der Waals surface area contributed by atoms with Gasteiger partial charge in [0.2, 0.25) is 5.91 Å². The summed E-state index contributed by atoms with van der Waals surface area (Å²) >= 11 is 1.27. The van der Waals surface area contributed by atoms with E-state index in [1.165, 1.54) is 23.5 Å². The topological polar surface area (TPSA) is 199 Å². The number of carboxylic acids is 1. The lowest BCUT2D eigenvalue weighted by molar-refractivity contribution is -0.666. The molecule has 1 saturated heterocycles. The molecule has 1 aliphatic rings. The molecule has 1 aromatic carbocycles. The zero-order valence-electron chi connectivity index (χ0n) is 38.5. The van der Waals surface area contributed by atoms with Crippen molar-refractivity contribution in [3.05, 3.63) is 50.6 Å². The maximum Gasteiger partial charge on any atom is 0.309 e. The third kappa shape index (κ3) is 15.3. The Morgan fingerprint density at radius 3 is 2.45 bits per heavy atom. The molecule has 0 radical (unpaired) electrons. The van der Waals surface area contributed by atoms with E-state index >= 15 is 0 Å². The van der Waals surface area contributed by atoms with Crippen LogP contribution in [0.3, 0.4) is 0 Å². The molecule has 15 nitrogen and oxygen atoms in total. The molecule has 348 valence electrons. The minimum absolute atomic E-state index is 0.00964. The number of nitrogens with two attached hydrogens (primary N) is 1. The Hall–Kier alpha value is -4.06. The molecule has 6 atom stereocenters. The molecule has 1 aliphatic heterocycles. The number of hydrogen-bond acceptors (Lipinski definition) is 10. The predicted molar refractivity (Wildman–Crippen MR) is 241 cm³/mol. The number of amides is 3. The molecule has 2 heterocycles. The van der Waals surface area contributed by atoms with Crippen LogP contribution in [0.4, 0.5) is 10.1 Å². The number of piperidine rings is 1. The molecule has 0 spiro atoms. The van der Waals surface area contributed by atoms with E-state index in [1.807, 2.05) is 37.6 Å². The van der Waals surface area contributed by atoms with Crippen molar-refractivity contribution >= 4 is 40.7 Å². The van der Waals surface area contributed by atoms with E-state index in [-0.39, 0.29) is 60.7 Å². The van der Waals surface area contributed by atoms with E-state index in [0.29, 0.717) is 36.6 Å². The maximum atomic E-state index is 15.0. The SMILES string of the molecule is CCCCCCN(C(=O)[C@@H](N[N+](=O)[C@H]1CCCCN1C)[C@@H](C)CC)[C@H](C[C@@H](OCC)c1nc(C(=O)N[C@@H](Cc2ccc(NC(=O)CN)c(F)c2)CC(C)(C)C(=O)O)cs1)C(C)C. The number of nitrogens with zero attached hydrogens (tertiary/aromatic N) is 4. The second-order valence-electron chi connectivity index (χ2n) is 17.8. The highest BCUT2D eigenvalue weighted by Gasteiger charge is 2.42. The third-order valence-electron chi connectivity index (χ3n) is 12.0. The van der Waals surface area contributed by atoms with Crippen LogP contribution in [-0.4, -0.2) is 106 Å². The van der Waals surface area contributed by atoms with Gasteiger partial charge in [0.15, 0.2) is 6.04 Å². The van der Waals surface area contributed by atoms with E-state index in [2.05, 4.69) is 36.8 Å². The number of halogens is 1. The molecule has 62 heavy (non-hydrogen) atoms. The number of rotatable bonds is 27. The number of aromatic nitrogens is 1. The van der Waals surface area contributed by atoms with Crippen LogP contribution >= 0.6 is 11.3 Å². The number of ether oxygens (including phenoxy) is 1. The van der Waals surface area contributed by atoms with Crippen molar-refractivity contribution in [1.82, 2.24) is 25.5 Å². The molecule has 0 saturated carbocycles. The smallest absolute Gasteiger partial charge is 0.309 e. The fourth-order valence-electron chi connectivity index (χ4n) is 7.93. The summed E-state index contributed by atoms with van der Waals surface area (Å²) < 4.78 is 21.3. The number of aliphatic carboxylic acids is 1. The highest BCUT2D eigenvalue weighted by Crippen LogP contribution is 2.32. The van der Waals surface area contributed by atoms with Crippen LogP contribution in [0.15, 0.2) is 23.6 Å². The van der Waals surface area contributed by atoms with Gasteiger partial charge in [0, 0.05) is 50.0 Å². The second kappa shape index (κ2) is 25.3. The summed E-state index contributed by atoms with van der Waals surface area (Å²) in [5, 5.41) is 17.5. The third-order valence-corrected chi connectivity index (χ3v) is 12.9. The van der Waals surface area contributed by atoms with Crippen molar-refractivity contribution < 1.29 is 38.3 Å². The summed E-state index contributed by atoms with van der Waals surface area (Å²) in [6, 6.07) is 2.51. The fourth-order valence-corrected chi connectivity index (χ4v) is 8.79. The van der Waals surface area contributed by atoms with Crippen molar-refractivity contribution in [2.24, 2.45) is 23.0 Å². The molecular weight excluding hydrogens is 816 g/mol. The fraction of sp³-hybridized carbons (Fsp3) is 0.711. The van der Waals surface area contributed by atoms with Crippen molar-refractivity contribution in [2.75, 3.05) is 38.6 Å². The zero-order valence-corrected chi connectivity index (χ0v) is 39.3. The van der Waals surface area contributed by atoms with Crippen LogP contribution in [0.1, 0.15) is 147 Å². The Labute approximate surface area is 372 Å². The number of carbonyl (C=O) groups is 4. The number of likely N-dealkylation sites (tertiary alicyclic amines) is 1. The molecule has 0 unspecified atom stereocenters. The average molecular weight is 890 g/mol. The largest absolute Gasteiger partial charge is 0.481 e. The van der Waals surface area contributed by atoms with E-state index in [0.717, 1.165) is 56.4 Å². The zero-order chi connectivity index (χ0) is 46.1. The highest BCUT2D eigenvalue weighted by atomic mass is 32.1. The molecule has 0 bridgehead atoms. The van der Waals surface area contributed by atoms with Crippen LogP contribution in [0.25, 0.3) is 0 Å². The maximum absolute atomic E-state index is 15.0. The highest BCUT2D eigenvalue weighted by molar-refractivity contribution is 7.09. The van der Waals surface area contributed by atoms with Crippen LogP contribution < -0.4 is 21.8 Å². The number of carbonyl (C=O) groups excluding carboxylic acids is 3. The van der Waals surface area contributed by atoms with Gasteiger partial charge in [-0.25, -0.2) is 14.3 Å². The normalized spacial score (nSPS) is 17.1. The lowest BCUT2D eigenvalue weighted by Gasteiger charge is -2.39. The Balaban J connectivity index is 1.92. The number of nitrogens with one attached hydrogen (secondary N) is 3. The Bertz CT molecular complexity index is 1780. The quantitative estimate of drug-likeness (QED) is 0.0350. The Kier molecular flexibility index (Phi) is 21.3. The summed E-state index contributed by atoms with van der Waals surface area (Å²) in [5.74, 6) is -3.04. The number of anilines is 1.